The van der Waals surface area contributed by atoms with Gasteiger partial charge in [0.2, 0.25) is 5.95 Å². The number of hydrogen-bond acceptors (Lipinski definition) is 8. The Labute approximate surface area is 199 Å². The van der Waals surface area contributed by atoms with Crippen molar-refractivity contribution >= 4 is 23.3 Å². The minimum absolute atomic E-state index is 0.239. The van der Waals surface area contributed by atoms with Gasteiger partial charge in [0.1, 0.15) is 23.1 Å². The SMILES string of the molecule is CN(C)CCNc1cc(Oc2ccc(Nc3cc(Cc4ccccc4)nc(N)n3)cc2)ccn1. The molecule has 0 aliphatic carbocycles. The lowest BCUT2D eigenvalue weighted by Crippen LogP contribution is -2.21. The molecule has 0 radical (unpaired) electrons. The molecule has 0 amide bonds. The Kier molecular flexibility index (Phi) is 7.52. The first kappa shape index (κ1) is 23.0. The molecule has 0 atom stereocenters. The van der Waals surface area contributed by atoms with Gasteiger partial charge in [0.05, 0.1) is 5.69 Å². The average Bonchev–Trinajstić information content (AvgIpc) is 2.81. The summed E-state index contributed by atoms with van der Waals surface area (Å²) in [4.78, 5) is 15.1. The second-order valence-corrected chi connectivity index (χ2v) is 8.12. The number of nitrogen functional groups attached to an aromatic ring is 1. The number of benzene rings is 2. The van der Waals surface area contributed by atoms with E-state index in [2.05, 4.69) is 42.6 Å². The molecule has 34 heavy (non-hydrogen) atoms. The number of likely N-dealkylation sites (N-methyl/N-ethyl adjacent to an activating group) is 1. The Morgan fingerprint density at radius 1 is 0.882 bits per heavy atom. The van der Waals surface area contributed by atoms with Crippen LogP contribution in [0.4, 0.5) is 23.3 Å². The maximum absolute atomic E-state index is 5.99. The van der Waals surface area contributed by atoms with E-state index in [4.69, 9.17) is 10.5 Å². The molecule has 2 heterocycles. The zero-order valence-corrected chi connectivity index (χ0v) is 19.4. The molecule has 0 aliphatic rings. The Balaban J connectivity index is 1.38. The highest BCUT2D eigenvalue weighted by Crippen LogP contribution is 2.25. The molecule has 0 saturated heterocycles. The van der Waals surface area contributed by atoms with E-state index in [0.717, 1.165) is 41.8 Å². The van der Waals surface area contributed by atoms with Crippen molar-refractivity contribution < 1.29 is 4.74 Å². The molecular formula is C26H29N7O. The number of aromatic nitrogens is 3. The number of rotatable bonds is 10. The van der Waals surface area contributed by atoms with E-state index in [9.17, 15) is 0 Å². The summed E-state index contributed by atoms with van der Waals surface area (Å²) in [6.07, 6.45) is 2.42. The highest BCUT2D eigenvalue weighted by Gasteiger charge is 2.06. The third kappa shape index (κ3) is 6.91. The van der Waals surface area contributed by atoms with Crippen LogP contribution in [0.3, 0.4) is 0 Å². The molecule has 0 bridgehead atoms. The molecule has 2 aromatic carbocycles. The summed E-state index contributed by atoms with van der Waals surface area (Å²) in [5.41, 5.74) is 8.83. The molecule has 0 spiro atoms. The second kappa shape index (κ2) is 11.1. The lowest BCUT2D eigenvalue weighted by Gasteiger charge is -2.12. The van der Waals surface area contributed by atoms with Crippen LogP contribution in [0.25, 0.3) is 0 Å². The largest absolute Gasteiger partial charge is 0.457 e. The molecule has 4 N–H and O–H groups in total. The molecule has 0 saturated carbocycles. The molecule has 0 fully saturated rings. The zero-order chi connectivity index (χ0) is 23.8. The van der Waals surface area contributed by atoms with Gasteiger partial charge in [0.15, 0.2) is 0 Å². The van der Waals surface area contributed by atoms with Crippen LogP contribution in [-0.2, 0) is 6.42 Å². The number of pyridine rings is 1. The summed E-state index contributed by atoms with van der Waals surface area (Å²) in [6, 6.07) is 23.4. The van der Waals surface area contributed by atoms with Gasteiger partial charge in [-0.05, 0) is 50.0 Å². The van der Waals surface area contributed by atoms with Crippen LogP contribution in [0, 0.1) is 0 Å². The molecular weight excluding hydrogens is 426 g/mol. The predicted molar refractivity (Wildman–Crippen MR) is 137 cm³/mol. The van der Waals surface area contributed by atoms with Crippen LogP contribution in [0.5, 0.6) is 11.5 Å². The van der Waals surface area contributed by atoms with Crippen molar-refractivity contribution in [2.75, 3.05) is 43.6 Å². The fourth-order valence-electron chi connectivity index (χ4n) is 3.35. The topological polar surface area (TPSA) is 101 Å². The van der Waals surface area contributed by atoms with Gasteiger partial charge < -0.3 is 26.0 Å². The van der Waals surface area contributed by atoms with Crippen LogP contribution in [0.15, 0.2) is 79.0 Å². The first-order valence-corrected chi connectivity index (χ1v) is 11.1. The Morgan fingerprint density at radius 2 is 1.68 bits per heavy atom. The lowest BCUT2D eigenvalue weighted by molar-refractivity contribution is 0.425. The fraction of sp³-hybridized carbons (Fsp3) is 0.192. The summed E-state index contributed by atoms with van der Waals surface area (Å²) in [7, 11) is 4.08. The highest BCUT2D eigenvalue weighted by atomic mass is 16.5. The van der Waals surface area contributed by atoms with Crippen LogP contribution in [0.2, 0.25) is 0 Å². The Hall–Kier alpha value is -4.17. The van der Waals surface area contributed by atoms with Gasteiger partial charge >= 0.3 is 0 Å². The van der Waals surface area contributed by atoms with Gasteiger partial charge in [-0.15, -0.1) is 0 Å². The van der Waals surface area contributed by atoms with E-state index in [-0.39, 0.29) is 5.95 Å². The molecule has 4 rings (SSSR count). The van der Waals surface area contributed by atoms with E-state index in [0.29, 0.717) is 12.2 Å². The number of hydrogen-bond donors (Lipinski definition) is 3. The monoisotopic (exact) mass is 455 g/mol. The van der Waals surface area contributed by atoms with E-state index >= 15 is 0 Å². The van der Waals surface area contributed by atoms with E-state index in [1.165, 1.54) is 5.56 Å². The van der Waals surface area contributed by atoms with Crippen molar-refractivity contribution in [1.82, 2.24) is 19.9 Å². The summed E-state index contributed by atoms with van der Waals surface area (Å²) in [6.45, 7) is 1.73. The maximum atomic E-state index is 5.99. The predicted octanol–water partition coefficient (Wildman–Crippen LogP) is 4.55. The minimum Gasteiger partial charge on any atom is -0.457 e. The van der Waals surface area contributed by atoms with Crippen molar-refractivity contribution in [3.05, 3.63) is 90.3 Å². The fourth-order valence-corrected chi connectivity index (χ4v) is 3.35. The molecule has 8 heteroatoms. The quantitative estimate of drug-likeness (QED) is 0.320. The van der Waals surface area contributed by atoms with Crippen molar-refractivity contribution in [2.45, 2.75) is 6.42 Å². The second-order valence-electron chi connectivity index (χ2n) is 8.12. The first-order chi connectivity index (χ1) is 16.5. The smallest absolute Gasteiger partial charge is 0.222 e. The molecule has 0 unspecified atom stereocenters. The number of nitrogens with two attached hydrogens (primary N) is 1. The normalized spacial score (nSPS) is 10.8. The first-order valence-electron chi connectivity index (χ1n) is 11.1. The third-order valence-corrected chi connectivity index (χ3v) is 4.98. The van der Waals surface area contributed by atoms with Crippen LogP contribution >= 0.6 is 0 Å². The summed E-state index contributed by atoms with van der Waals surface area (Å²) >= 11 is 0. The molecule has 4 aromatic rings. The Bertz CT molecular complexity index is 1200. The van der Waals surface area contributed by atoms with Crippen molar-refractivity contribution in [2.24, 2.45) is 0 Å². The van der Waals surface area contributed by atoms with Gasteiger partial charge in [-0.3, -0.25) is 0 Å². The average molecular weight is 456 g/mol. The molecule has 174 valence electrons. The summed E-state index contributed by atoms with van der Waals surface area (Å²) in [5.74, 6) is 3.11. The number of anilines is 4. The van der Waals surface area contributed by atoms with Gasteiger partial charge in [0.25, 0.3) is 0 Å². The molecule has 0 aliphatic heterocycles. The number of nitrogens with zero attached hydrogens (tertiary/aromatic N) is 4. The molecule has 2 aromatic heterocycles. The summed E-state index contributed by atoms with van der Waals surface area (Å²) < 4.78 is 5.99. The van der Waals surface area contributed by atoms with Gasteiger partial charge in [-0.1, -0.05) is 30.3 Å². The van der Waals surface area contributed by atoms with Crippen LogP contribution < -0.4 is 21.1 Å². The van der Waals surface area contributed by atoms with Crippen LogP contribution in [-0.4, -0.2) is 47.0 Å². The highest BCUT2D eigenvalue weighted by molar-refractivity contribution is 5.58. The van der Waals surface area contributed by atoms with E-state index in [1.54, 1.807) is 6.20 Å². The number of ether oxygens (including phenoxy) is 1. The lowest BCUT2D eigenvalue weighted by atomic mass is 10.1. The van der Waals surface area contributed by atoms with Gasteiger partial charge in [-0.25, -0.2) is 9.97 Å². The summed E-state index contributed by atoms with van der Waals surface area (Å²) in [5, 5.41) is 6.59. The Morgan fingerprint density at radius 3 is 2.44 bits per heavy atom. The minimum atomic E-state index is 0.239. The number of nitrogens with one attached hydrogen (secondary N) is 2. The maximum Gasteiger partial charge on any atom is 0.222 e. The van der Waals surface area contributed by atoms with E-state index < -0.39 is 0 Å². The van der Waals surface area contributed by atoms with Crippen molar-refractivity contribution in [1.29, 1.82) is 0 Å². The van der Waals surface area contributed by atoms with Gasteiger partial charge in [-0.2, -0.15) is 4.98 Å². The van der Waals surface area contributed by atoms with Crippen LogP contribution in [0.1, 0.15) is 11.3 Å². The van der Waals surface area contributed by atoms with Gasteiger partial charge in [0, 0.05) is 43.5 Å². The van der Waals surface area contributed by atoms with Crippen molar-refractivity contribution in [3.63, 3.8) is 0 Å². The van der Waals surface area contributed by atoms with Crippen molar-refractivity contribution in [3.8, 4) is 11.5 Å². The zero-order valence-electron chi connectivity index (χ0n) is 19.4. The third-order valence-electron chi connectivity index (χ3n) is 4.98. The van der Waals surface area contributed by atoms with E-state index in [1.807, 2.05) is 74.8 Å². The molecule has 8 nitrogen and oxygen atoms in total. The standard InChI is InChI=1S/C26H29N7O/c1-33(2)15-14-29-24-18-23(12-13-28-24)34-22-10-8-20(9-11-22)30-25-17-21(31-26(27)32-25)16-19-6-4-3-5-7-19/h3-13,17-18H,14-16H2,1-2H3,(H,28,29)(H3,27,30,31,32).